The highest BCUT2D eigenvalue weighted by atomic mass is 16.1. The Kier molecular flexibility index (Phi) is 3.57. The zero-order valence-corrected chi connectivity index (χ0v) is 13.5. The fraction of sp³-hybridized carbons (Fsp3) is 0.353. The minimum atomic E-state index is -0.240. The maximum atomic E-state index is 11.9. The minimum Gasteiger partial charge on any atom is -0.369 e. The molecule has 0 saturated carbocycles. The number of carbonyl (C=O) groups excluding carboxylic acids is 1. The summed E-state index contributed by atoms with van der Waals surface area (Å²) in [6.07, 6.45) is 5.62. The Morgan fingerprint density at radius 1 is 1.38 bits per heavy atom. The van der Waals surface area contributed by atoms with Crippen LogP contribution in [-0.2, 0) is 18.4 Å². The van der Waals surface area contributed by atoms with Crippen molar-refractivity contribution in [1.29, 1.82) is 0 Å². The summed E-state index contributed by atoms with van der Waals surface area (Å²) in [6.45, 7) is 2.27. The van der Waals surface area contributed by atoms with E-state index in [2.05, 4.69) is 38.4 Å². The minimum absolute atomic E-state index is 0.104. The van der Waals surface area contributed by atoms with E-state index in [-0.39, 0.29) is 17.7 Å². The molecule has 1 aromatic carbocycles. The van der Waals surface area contributed by atoms with Crippen molar-refractivity contribution >= 4 is 16.8 Å². The second-order valence-electron chi connectivity index (χ2n) is 6.55. The van der Waals surface area contributed by atoms with Gasteiger partial charge in [-0.25, -0.2) is 0 Å². The lowest BCUT2D eigenvalue weighted by Gasteiger charge is -2.15. The van der Waals surface area contributed by atoms with Crippen LogP contribution in [0.1, 0.15) is 17.0 Å². The molecule has 1 saturated heterocycles. The maximum absolute atomic E-state index is 11.9. The van der Waals surface area contributed by atoms with Crippen LogP contribution in [0.4, 0.5) is 0 Å². The van der Waals surface area contributed by atoms with Crippen molar-refractivity contribution in [2.75, 3.05) is 13.1 Å². The molecule has 0 spiro atoms. The van der Waals surface area contributed by atoms with Crippen molar-refractivity contribution in [3.8, 4) is 0 Å². The van der Waals surface area contributed by atoms with Gasteiger partial charge in [0.15, 0.2) is 0 Å². The van der Waals surface area contributed by atoms with Gasteiger partial charge in [0.1, 0.15) is 0 Å². The zero-order chi connectivity index (χ0) is 16.7. The predicted octanol–water partition coefficient (Wildman–Crippen LogP) is 0.997. The van der Waals surface area contributed by atoms with Gasteiger partial charge in [0, 0.05) is 44.2 Å². The molecule has 2 aromatic heterocycles. The summed E-state index contributed by atoms with van der Waals surface area (Å²) in [5, 5.41) is 12.4. The summed E-state index contributed by atoms with van der Waals surface area (Å²) >= 11 is 0. The third-order valence-electron chi connectivity index (χ3n) is 4.83. The van der Waals surface area contributed by atoms with Crippen molar-refractivity contribution in [3.05, 3.63) is 47.9 Å². The van der Waals surface area contributed by atoms with Crippen LogP contribution < -0.4 is 5.73 Å². The molecule has 24 heavy (non-hydrogen) atoms. The number of likely N-dealkylation sites (tertiary alicyclic amines) is 1. The molecular weight excluding hydrogens is 304 g/mol. The number of hydrogen-bond donors (Lipinski definition) is 2. The fourth-order valence-corrected chi connectivity index (χ4v) is 3.61. The van der Waals surface area contributed by atoms with Gasteiger partial charge >= 0.3 is 0 Å². The summed E-state index contributed by atoms with van der Waals surface area (Å²) in [7, 11) is 1.88. The number of aromatic nitrogens is 4. The van der Waals surface area contributed by atoms with E-state index < -0.39 is 0 Å². The molecule has 4 rings (SSSR count). The fourth-order valence-electron chi connectivity index (χ4n) is 3.61. The highest BCUT2D eigenvalue weighted by Crippen LogP contribution is 2.33. The summed E-state index contributed by atoms with van der Waals surface area (Å²) in [6, 6.07) is 6.28. The third-order valence-corrected chi connectivity index (χ3v) is 4.83. The molecule has 7 nitrogen and oxygen atoms in total. The summed E-state index contributed by atoms with van der Waals surface area (Å²) in [4.78, 5) is 14.2. The van der Waals surface area contributed by atoms with Crippen LogP contribution >= 0.6 is 0 Å². The van der Waals surface area contributed by atoms with Crippen LogP contribution in [0.2, 0.25) is 0 Å². The summed E-state index contributed by atoms with van der Waals surface area (Å²) in [5.74, 6) is -0.312. The molecule has 1 aliphatic rings. The highest BCUT2D eigenvalue weighted by molar-refractivity contribution is 5.79. The van der Waals surface area contributed by atoms with Crippen LogP contribution in [0.25, 0.3) is 10.9 Å². The quantitative estimate of drug-likeness (QED) is 0.749. The molecule has 0 unspecified atom stereocenters. The molecule has 0 aliphatic carbocycles. The topological polar surface area (TPSA) is 92.8 Å². The molecule has 124 valence electrons. The van der Waals surface area contributed by atoms with E-state index in [1.54, 1.807) is 4.68 Å². The first-order valence-corrected chi connectivity index (χ1v) is 8.02. The highest BCUT2D eigenvalue weighted by Gasteiger charge is 2.37. The number of primary amides is 1. The second-order valence-corrected chi connectivity index (χ2v) is 6.55. The standard InChI is InChI=1S/C17H20N6O/c1-22-8-13(6-20-22)14-9-23(10-15(14)17(18)24)7-11-2-3-12-5-19-21-16(12)4-11/h2-6,8,14-15H,7,9-10H2,1H3,(H2,18,24)(H,19,21)/t14-,15+/m1/s1. The van der Waals surface area contributed by atoms with Crippen molar-refractivity contribution in [1.82, 2.24) is 24.9 Å². The molecule has 1 aliphatic heterocycles. The lowest BCUT2D eigenvalue weighted by atomic mass is 9.90. The van der Waals surface area contributed by atoms with Gasteiger partial charge in [-0.1, -0.05) is 12.1 Å². The number of carbonyl (C=O) groups is 1. The second kappa shape index (κ2) is 5.76. The van der Waals surface area contributed by atoms with Gasteiger partial charge in [0.05, 0.1) is 23.8 Å². The Morgan fingerprint density at radius 3 is 3.00 bits per heavy atom. The number of aromatic amines is 1. The zero-order valence-electron chi connectivity index (χ0n) is 13.5. The average molecular weight is 324 g/mol. The van der Waals surface area contributed by atoms with Gasteiger partial charge in [-0.3, -0.25) is 19.5 Å². The van der Waals surface area contributed by atoms with E-state index >= 15 is 0 Å². The number of aryl methyl sites for hydroxylation is 1. The Morgan fingerprint density at radius 2 is 2.25 bits per heavy atom. The van der Waals surface area contributed by atoms with Crippen LogP contribution in [0, 0.1) is 5.92 Å². The Bertz CT molecular complexity index is 882. The smallest absolute Gasteiger partial charge is 0.222 e. The number of fused-ring (bicyclic) bond motifs is 1. The number of rotatable bonds is 4. The van der Waals surface area contributed by atoms with E-state index in [0.717, 1.165) is 29.6 Å². The van der Waals surface area contributed by atoms with E-state index in [4.69, 9.17) is 5.73 Å². The number of nitrogens with one attached hydrogen (secondary N) is 1. The molecule has 1 amide bonds. The molecule has 3 N–H and O–H groups in total. The SMILES string of the molecule is Cn1cc([C@H]2CN(Cc3ccc4cn[nH]c4c3)C[C@@H]2C(N)=O)cn1. The van der Waals surface area contributed by atoms with Crippen molar-refractivity contribution in [2.45, 2.75) is 12.5 Å². The van der Waals surface area contributed by atoms with Gasteiger partial charge in [-0.2, -0.15) is 10.2 Å². The van der Waals surface area contributed by atoms with E-state index in [0.29, 0.717) is 6.54 Å². The number of amides is 1. The molecule has 0 bridgehead atoms. The summed E-state index contributed by atoms with van der Waals surface area (Å²) in [5.41, 5.74) is 8.94. The molecule has 3 heterocycles. The van der Waals surface area contributed by atoms with Crippen molar-refractivity contribution in [2.24, 2.45) is 18.7 Å². The Balaban J connectivity index is 1.54. The molecule has 3 aromatic rings. The lowest BCUT2D eigenvalue weighted by Crippen LogP contribution is -2.29. The van der Waals surface area contributed by atoms with Gasteiger partial charge in [-0.05, 0) is 17.2 Å². The van der Waals surface area contributed by atoms with Gasteiger partial charge in [0.2, 0.25) is 5.91 Å². The Hall–Kier alpha value is -2.67. The Labute approximate surface area is 139 Å². The van der Waals surface area contributed by atoms with E-state index in [9.17, 15) is 4.79 Å². The first-order chi connectivity index (χ1) is 11.6. The monoisotopic (exact) mass is 324 g/mol. The number of benzene rings is 1. The normalized spacial score (nSPS) is 21.5. The van der Waals surface area contributed by atoms with Gasteiger partial charge in [-0.15, -0.1) is 0 Å². The molecular formula is C17H20N6O. The van der Waals surface area contributed by atoms with Crippen LogP contribution in [0.3, 0.4) is 0 Å². The molecule has 1 fully saturated rings. The third kappa shape index (κ3) is 2.67. The van der Waals surface area contributed by atoms with Crippen LogP contribution in [-0.4, -0.2) is 43.9 Å². The first-order valence-electron chi connectivity index (χ1n) is 8.02. The molecule has 7 heteroatoms. The number of H-pyrrole nitrogens is 1. The average Bonchev–Trinajstić information content (AvgIpc) is 3.25. The molecule has 2 atom stereocenters. The maximum Gasteiger partial charge on any atom is 0.222 e. The van der Waals surface area contributed by atoms with Gasteiger partial charge < -0.3 is 5.73 Å². The first kappa shape index (κ1) is 14.9. The van der Waals surface area contributed by atoms with E-state index in [1.807, 2.05) is 25.6 Å². The van der Waals surface area contributed by atoms with Crippen molar-refractivity contribution in [3.63, 3.8) is 0 Å². The van der Waals surface area contributed by atoms with Gasteiger partial charge in [0.25, 0.3) is 0 Å². The molecule has 0 radical (unpaired) electrons. The van der Waals surface area contributed by atoms with E-state index in [1.165, 1.54) is 5.56 Å². The van der Waals surface area contributed by atoms with Crippen molar-refractivity contribution < 1.29 is 4.79 Å². The largest absolute Gasteiger partial charge is 0.369 e. The number of nitrogens with zero attached hydrogens (tertiary/aromatic N) is 4. The lowest BCUT2D eigenvalue weighted by molar-refractivity contribution is -0.121. The van der Waals surface area contributed by atoms with Crippen LogP contribution in [0.5, 0.6) is 0 Å². The predicted molar refractivity (Wildman–Crippen MR) is 90.0 cm³/mol. The number of hydrogen-bond acceptors (Lipinski definition) is 4. The number of nitrogens with two attached hydrogens (primary N) is 1. The summed E-state index contributed by atoms with van der Waals surface area (Å²) < 4.78 is 1.77. The van der Waals surface area contributed by atoms with Crippen LogP contribution in [0.15, 0.2) is 36.8 Å².